The SMILES string of the molecule is CN=C(NCCOCCS(C)(=O)=O)NC1CC(C)(C)Oc2ccccc21. The van der Waals surface area contributed by atoms with Crippen LogP contribution in [0.1, 0.15) is 31.9 Å². The lowest BCUT2D eigenvalue weighted by Crippen LogP contribution is -2.46. The van der Waals surface area contributed by atoms with Gasteiger partial charge >= 0.3 is 0 Å². The van der Waals surface area contributed by atoms with E-state index in [1.807, 2.05) is 18.2 Å². The summed E-state index contributed by atoms with van der Waals surface area (Å²) in [5, 5.41) is 6.64. The molecule has 0 saturated heterocycles. The van der Waals surface area contributed by atoms with E-state index in [0.29, 0.717) is 19.1 Å². The minimum absolute atomic E-state index is 0.0356. The van der Waals surface area contributed by atoms with Crippen molar-refractivity contribution in [2.24, 2.45) is 4.99 Å². The molecule has 7 nitrogen and oxygen atoms in total. The van der Waals surface area contributed by atoms with Crippen LogP contribution in [0.3, 0.4) is 0 Å². The zero-order valence-electron chi connectivity index (χ0n) is 15.9. The molecule has 26 heavy (non-hydrogen) atoms. The van der Waals surface area contributed by atoms with Crippen LogP contribution >= 0.6 is 0 Å². The second-order valence-corrected chi connectivity index (χ2v) is 9.30. The summed E-state index contributed by atoms with van der Waals surface area (Å²) in [6, 6.07) is 8.10. The van der Waals surface area contributed by atoms with Gasteiger partial charge in [-0.1, -0.05) is 18.2 Å². The standard InChI is InChI=1S/C18H29N3O4S/c1-18(2)13-15(14-7-5-6-8-16(14)25-18)21-17(19-3)20-9-10-24-11-12-26(4,22)23/h5-8,15H,9-13H2,1-4H3,(H2,19,20,21). The first-order valence-electron chi connectivity index (χ1n) is 8.71. The maximum atomic E-state index is 11.1. The van der Waals surface area contributed by atoms with Gasteiger partial charge in [0, 0.05) is 31.8 Å². The van der Waals surface area contributed by atoms with Crippen LogP contribution in [0.15, 0.2) is 29.3 Å². The molecule has 1 unspecified atom stereocenters. The van der Waals surface area contributed by atoms with Gasteiger partial charge in [0.05, 0.1) is 25.0 Å². The topological polar surface area (TPSA) is 89.0 Å². The minimum atomic E-state index is -2.98. The van der Waals surface area contributed by atoms with Crippen molar-refractivity contribution < 1.29 is 17.9 Å². The Hall–Kier alpha value is -1.80. The molecule has 0 fully saturated rings. The molecule has 1 heterocycles. The average molecular weight is 384 g/mol. The third-order valence-corrected chi connectivity index (χ3v) is 4.96. The molecular formula is C18H29N3O4S. The number of hydrogen-bond donors (Lipinski definition) is 2. The van der Waals surface area contributed by atoms with Crippen LogP contribution in [0.4, 0.5) is 0 Å². The van der Waals surface area contributed by atoms with E-state index in [9.17, 15) is 8.42 Å². The number of hydrogen-bond acceptors (Lipinski definition) is 5. The molecule has 1 aliphatic rings. The fourth-order valence-electron chi connectivity index (χ4n) is 2.84. The lowest BCUT2D eigenvalue weighted by atomic mass is 9.90. The Morgan fingerprint density at radius 3 is 2.77 bits per heavy atom. The number of sulfone groups is 1. The van der Waals surface area contributed by atoms with E-state index in [0.717, 1.165) is 17.7 Å². The smallest absolute Gasteiger partial charge is 0.191 e. The van der Waals surface area contributed by atoms with Gasteiger partial charge < -0.3 is 20.1 Å². The van der Waals surface area contributed by atoms with E-state index in [1.54, 1.807) is 7.05 Å². The van der Waals surface area contributed by atoms with Crippen LogP contribution in [0.25, 0.3) is 0 Å². The molecule has 8 heteroatoms. The molecule has 0 amide bonds. The van der Waals surface area contributed by atoms with Gasteiger partial charge in [0.15, 0.2) is 5.96 Å². The zero-order chi connectivity index (χ0) is 19.2. The van der Waals surface area contributed by atoms with Crippen molar-refractivity contribution in [3.63, 3.8) is 0 Å². The molecule has 0 aromatic heterocycles. The molecule has 1 aliphatic heterocycles. The predicted molar refractivity (Wildman–Crippen MR) is 104 cm³/mol. The number of nitrogens with one attached hydrogen (secondary N) is 2. The zero-order valence-corrected chi connectivity index (χ0v) is 16.7. The molecule has 0 bridgehead atoms. The number of guanidine groups is 1. The molecule has 0 spiro atoms. The third-order valence-electron chi connectivity index (χ3n) is 4.05. The van der Waals surface area contributed by atoms with Crippen molar-refractivity contribution in [2.75, 3.05) is 38.8 Å². The lowest BCUT2D eigenvalue weighted by Gasteiger charge is -2.38. The monoisotopic (exact) mass is 383 g/mol. The van der Waals surface area contributed by atoms with Crippen molar-refractivity contribution in [3.8, 4) is 5.75 Å². The summed E-state index contributed by atoms with van der Waals surface area (Å²) in [5.41, 5.74) is 0.846. The van der Waals surface area contributed by atoms with Gasteiger partial charge in [0.1, 0.15) is 21.2 Å². The van der Waals surface area contributed by atoms with E-state index >= 15 is 0 Å². The van der Waals surface area contributed by atoms with Crippen LogP contribution in [-0.4, -0.2) is 58.8 Å². The summed E-state index contributed by atoms with van der Waals surface area (Å²) in [6.45, 7) is 5.30. The lowest BCUT2D eigenvalue weighted by molar-refractivity contribution is 0.0693. The van der Waals surface area contributed by atoms with Gasteiger partial charge in [-0.05, 0) is 19.9 Å². The van der Waals surface area contributed by atoms with Crippen LogP contribution in [-0.2, 0) is 14.6 Å². The quantitative estimate of drug-likeness (QED) is 0.422. The van der Waals surface area contributed by atoms with Gasteiger partial charge in [-0.15, -0.1) is 0 Å². The highest BCUT2D eigenvalue weighted by Crippen LogP contribution is 2.39. The second kappa shape index (κ2) is 8.73. The summed E-state index contributed by atoms with van der Waals surface area (Å²) < 4.78 is 33.5. The van der Waals surface area contributed by atoms with Gasteiger partial charge in [-0.2, -0.15) is 0 Å². The average Bonchev–Trinajstić information content (AvgIpc) is 2.54. The maximum Gasteiger partial charge on any atom is 0.191 e. The number of benzene rings is 1. The van der Waals surface area contributed by atoms with Gasteiger partial charge in [0.25, 0.3) is 0 Å². The summed E-state index contributed by atoms with van der Waals surface area (Å²) in [4.78, 5) is 4.26. The van der Waals surface area contributed by atoms with Crippen molar-refractivity contribution in [1.82, 2.24) is 10.6 Å². The Labute approximate surface area is 156 Å². The summed E-state index contributed by atoms with van der Waals surface area (Å²) in [6.07, 6.45) is 2.02. The van der Waals surface area contributed by atoms with E-state index in [4.69, 9.17) is 9.47 Å². The Kier molecular flexibility index (Phi) is 6.88. The Bertz CT molecular complexity index is 732. The van der Waals surface area contributed by atoms with Crippen LogP contribution < -0.4 is 15.4 Å². The molecule has 2 rings (SSSR count). The van der Waals surface area contributed by atoms with Gasteiger partial charge in [0.2, 0.25) is 0 Å². The van der Waals surface area contributed by atoms with Crippen molar-refractivity contribution in [3.05, 3.63) is 29.8 Å². The predicted octanol–water partition coefficient (Wildman–Crippen LogP) is 1.52. The van der Waals surface area contributed by atoms with Crippen molar-refractivity contribution in [2.45, 2.75) is 31.9 Å². The van der Waals surface area contributed by atoms with Crippen LogP contribution in [0.2, 0.25) is 0 Å². The first-order valence-corrected chi connectivity index (χ1v) is 10.8. The summed E-state index contributed by atoms with van der Waals surface area (Å²) in [7, 11) is -1.27. The number of nitrogens with zero attached hydrogens (tertiary/aromatic N) is 1. The van der Waals surface area contributed by atoms with Crippen molar-refractivity contribution >= 4 is 15.8 Å². The molecule has 0 saturated carbocycles. The van der Waals surface area contributed by atoms with E-state index in [1.165, 1.54) is 6.26 Å². The Morgan fingerprint density at radius 1 is 1.35 bits per heavy atom. The Morgan fingerprint density at radius 2 is 2.08 bits per heavy atom. The first-order chi connectivity index (χ1) is 12.2. The number of fused-ring (bicyclic) bond motifs is 1. The van der Waals surface area contributed by atoms with Crippen LogP contribution in [0.5, 0.6) is 5.75 Å². The van der Waals surface area contributed by atoms with E-state index in [-0.39, 0.29) is 24.0 Å². The maximum absolute atomic E-state index is 11.1. The minimum Gasteiger partial charge on any atom is -0.487 e. The largest absolute Gasteiger partial charge is 0.487 e. The van der Waals surface area contributed by atoms with E-state index < -0.39 is 9.84 Å². The molecule has 1 aromatic carbocycles. The summed E-state index contributed by atoms with van der Waals surface area (Å²) in [5.74, 6) is 1.60. The van der Waals surface area contributed by atoms with Crippen molar-refractivity contribution in [1.29, 1.82) is 0 Å². The number of rotatable bonds is 7. The Balaban J connectivity index is 1.86. The van der Waals surface area contributed by atoms with Crippen LogP contribution in [0, 0.1) is 0 Å². The second-order valence-electron chi connectivity index (χ2n) is 7.04. The number of aliphatic imine (C=N–C) groups is 1. The number of para-hydroxylation sites is 1. The highest BCUT2D eigenvalue weighted by molar-refractivity contribution is 7.90. The summed E-state index contributed by atoms with van der Waals surface area (Å²) >= 11 is 0. The highest BCUT2D eigenvalue weighted by Gasteiger charge is 2.33. The van der Waals surface area contributed by atoms with Gasteiger partial charge in [-0.25, -0.2) is 8.42 Å². The molecule has 1 atom stereocenters. The molecular weight excluding hydrogens is 354 g/mol. The fourth-order valence-corrected chi connectivity index (χ4v) is 3.27. The molecule has 1 aromatic rings. The normalized spacial score (nSPS) is 19.4. The van der Waals surface area contributed by atoms with E-state index in [2.05, 4.69) is 35.5 Å². The molecule has 146 valence electrons. The van der Waals surface area contributed by atoms with Gasteiger partial charge in [-0.3, -0.25) is 4.99 Å². The number of ether oxygens (including phenoxy) is 2. The fraction of sp³-hybridized carbons (Fsp3) is 0.611. The third kappa shape index (κ3) is 6.49. The molecule has 0 aliphatic carbocycles. The highest BCUT2D eigenvalue weighted by atomic mass is 32.2. The first kappa shape index (κ1) is 20.5. The molecule has 2 N–H and O–H groups in total. The molecule has 0 radical (unpaired) electrons.